The third-order valence-corrected chi connectivity index (χ3v) is 6.37. The van der Waals surface area contributed by atoms with E-state index in [1.54, 1.807) is 18.7 Å². The maximum atomic E-state index is 13.0. The number of likely N-dealkylation sites (tertiary alicyclic amines) is 1. The molecule has 1 amide bonds. The molecule has 9 nitrogen and oxygen atoms in total. The van der Waals surface area contributed by atoms with Gasteiger partial charge in [0.05, 0.1) is 12.0 Å². The number of ether oxygens (including phenoxy) is 1. The van der Waals surface area contributed by atoms with E-state index < -0.39 is 5.60 Å². The number of benzene rings is 1. The van der Waals surface area contributed by atoms with Crippen molar-refractivity contribution in [3.05, 3.63) is 56.8 Å². The first-order valence-electron chi connectivity index (χ1n) is 10.3. The molecule has 1 aromatic carbocycles. The minimum absolute atomic E-state index is 0.0759. The lowest BCUT2D eigenvalue weighted by molar-refractivity contribution is -0.00601. The molecule has 0 atom stereocenters. The Labute approximate surface area is 178 Å². The Kier molecular flexibility index (Phi) is 4.25. The molecular formula is C22H23N5O4. The quantitative estimate of drug-likeness (QED) is 0.643. The standard InChI is InChI=1S/C22H23N5O4/c1-12-4-5-17-15(10-12)16(28)11-22(31-17)6-8-26(9-7-22)20(30)18-24-21-23-14(3)13(2)19(29)27(21)25-18/h4-5,10H,6-9,11H2,1-3H3,(H,23,24,25). The fourth-order valence-corrected chi connectivity index (χ4v) is 4.35. The molecular weight excluding hydrogens is 398 g/mol. The molecule has 5 rings (SSSR count). The van der Waals surface area contributed by atoms with Crippen LogP contribution in [0.25, 0.3) is 5.78 Å². The summed E-state index contributed by atoms with van der Waals surface area (Å²) in [7, 11) is 0. The second-order valence-electron chi connectivity index (χ2n) is 8.51. The van der Waals surface area contributed by atoms with E-state index in [1.165, 1.54) is 4.52 Å². The fourth-order valence-electron chi connectivity index (χ4n) is 4.35. The molecule has 0 aliphatic carbocycles. The van der Waals surface area contributed by atoms with Crippen LogP contribution in [-0.4, -0.2) is 54.9 Å². The summed E-state index contributed by atoms with van der Waals surface area (Å²) < 4.78 is 7.47. The molecule has 31 heavy (non-hydrogen) atoms. The van der Waals surface area contributed by atoms with Crippen LogP contribution < -0.4 is 10.3 Å². The van der Waals surface area contributed by atoms with Crippen molar-refractivity contribution >= 4 is 17.5 Å². The summed E-state index contributed by atoms with van der Waals surface area (Å²) >= 11 is 0. The number of ketones is 1. The predicted molar refractivity (Wildman–Crippen MR) is 112 cm³/mol. The molecule has 0 radical (unpaired) electrons. The molecule has 1 saturated heterocycles. The first-order valence-corrected chi connectivity index (χ1v) is 10.3. The second-order valence-corrected chi connectivity index (χ2v) is 8.51. The molecule has 1 spiro atoms. The molecule has 2 aliphatic heterocycles. The minimum Gasteiger partial charge on any atom is -0.486 e. The van der Waals surface area contributed by atoms with Crippen LogP contribution >= 0.6 is 0 Å². The number of carbonyl (C=O) groups excluding carboxylic acids is 2. The summed E-state index contributed by atoms with van der Waals surface area (Å²) in [6.45, 7) is 6.25. The molecule has 0 saturated carbocycles. The van der Waals surface area contributed by atoms with Gasteiger partial charge in [0, 0.05) is 37.2 Å². The highest BCUT2D eigenvalue weighted by Crippen LogP contribution is 2.39. The highest BCUT2D eigenvalue weighted by atomic mass is 16.5. The lowest BCUT2D eigenvalue weighted by Crippen LogP contribution is -2.52. The van der Waals surface area contributed by atoms with E-state index in [4.69, 9.17) is 4.74 Å². The Morgan fingerprint density at radius 2 is 1.87 bits per heavy atom. The molecule has 1 N–H and O–H groups in total. The second kappa shape index (κ2) is 6.76. The van der Waals surface area contributed by atoms with Gasteiger partial charge < -0.3 is 9.64 Å². The monoisotopic (exact) mass is 421 g/mol. The number of aryl methyl sites for hydroxylation is 2. The molecule has 3 aromatic rings. The lowest BCUT2D eigenvalue weighted by atomic mass is 9.82. The molecule has 0 bridgehead atoms. The number of piperidine rings is 1. The average molecular weight is 421 g/mol. The van der Waals surface area contributed by atoms with Gasteiger partial charge in [0.1, 0.15) is 11.4 Å². The van der Waals surface area contributed by atoms with Crippen LogP contribution in [0, 0.1) is 20.8 Å². The van der Waals surface area contributed by atoms with Gasteiger partial charge in [-0.3, -0.25) is 19.5 Å². The van der Waals surface area contributed by atoms with Crippen molar-refractivity contribution in [1.29, 1.82) is 0 Å². The van der Waals surface area contributed by atoms with Crippen molar-refractivity contribution in [2.75, 3.05) is 13.1 Å². The Hall–Kier alpha value is -3.49. The largest absolute Gasteiger partial charge is 0.486 e. The molecule has 1 fully saturated rings. The van der Waals surface area contributed by atoms with Crippen LogP contribution in [0.1, 0.15) is 57.1 Å². The van der Waals surface area contributed by atoms with Gasteiger partial charge >= 0.3 is 0 Å². The van der Waals surface area contributed by atoms with E-state index in [0.717, 1.165) is 5.56 Å². The maximum Gasteiger partial charge on any atom is 0.291 e. The maximum absolute atomic E-state index is 13.0. The van der Waals surface area contributed by atoms with Crippen LogP contribution in [0.2, 0.25) is 0 Å². The van der Waals surface area contributed by atoms with Crippen LogP contribution in [0.4, 0.5) is 0 Å². The predicted octanol–water partition coefficient (Wildman–Crippen LogP) is 1.98. The topological polar surface area (TPSA) is 110 Å². The van der Waals surface area contributed by atoms with E-state index in [0.29, 0.717) is 54.9 Å². The minimum atomic E-state index is -0.587. The highest BCUT2D eigenvalue weighted by molar-refractivity contribution is 6.00. The first-order chi connectivity index (χ1) is 14.8. The summed E-state index contributed by atoms with van der Waals surface area (Å²) in [5, 5.41) is 2.78. The van der Waals surface area contributed by atoms with E-state index in [2.05, 4.69) is 15.1 Å². The third-order valence-electron chi connectivity index (χ3n) is 6.37. The summed E-state index contributed by atoms with van der Waals surface area (Å²) in [5.74, 6) is 0.659. The number of amides is 1. The molecule has 9 heteroatoms. The van der Waals surface area contributed by atoms with Crippen LogP contribution in [0.5, 0.6) is 5.75 Å². The van der Waals surface area contributed by atoms with Crippen molar-refractivity contribution in [3.8, 4) is 5.75 Å². The number of fused-ring (bicyclic) bond motifs is 2. The number of H-pyrrole nitrogens is 1. The molecule has 2 aromatic heterocycles. The molecule has 0 unspecified atom stereocenters. The van der Waals surface area contributed by atoms with Gasteiger partial charge in [-0.05, 0) is 32.9 Å². The van der Waals surface area contributed by atoms with Crippen molar-refractivity contribution in [2.45, 2.75) is 45.6 Å². The summed E-state index contributed by atoms with van der Waals surface area (Å²) in [6.07, 6.45) is 1.41. The molecule has 2 aliphatic rings. The Balaban J connectivity index is 1.35. The van der Waals surface area contributed by atoms with Gasteiger partial charge in [-0.25, -0.2) is 4.98 Å². The number of carbonyl (C=O) groups is 2. The Morgan fingerprint density at radius 1 is 1.13 bits per heavy atom. The van der Waals surface area contributed by atoms with Gasteiger partial charge in [0.15, 0.2) is 5.78 Å². The van der Waals surface area contributed by atoms with Gasteiger partial charge in [0.25, 0.3) is 17.2 Å². The SMILES string of the molecule is Cc1ccc2c(c1)C(=O)CC1(CCN(C(=O)c3nc4nc(C)c(C)c(=O)n4[nH]3)CC1)O2. The number of aromatic nitrogens is 4. The van der Waals surface area contributed by atoms with Crippen LogP contribution in [0.3, 0.4) is 0 Å². The zero-order valence-corrected chi connectivity index (χ0v) is 17.7. The van der Waals surface area contributed by atoms with Crippen LogP contribution in [-0.2, 0) is 0 Å². The van der Waals surface area contributed by atoms with Crippen molar-refractivity contribution in [1.82, 2.24) is 24.5 Å². The van der Waals surface area contributed by atoms with Gasteiger partial charge in [0.2, 0.25) is 5.82 Å². The van der Waals surface area contributed by atoms with Gasteiger partial charge in [-0.15, -0.1) is 0 Å². The Bertz CT molecular complexity index is 1300. The number of hydrogen-bond acceptors (Lipinski definition) is 6. The van der Waals surface area contributed by atoms with E-state index >= 15 is 0 Å². The highest BCUT2D eigenvalue weighted by Gasteiger charge is 2.44. The van der Waals surface area contributed by atoms with Crippen molar-refractivity contribution in [3.63, 3.8) is 0 Å². The van der Waals surface area contributed by atoms with Crippen molar-refractivity contribution in [2.24, 2.45) is 0 Å². The summed E-state index contributed by atoms with van der Waals surface area (Å²) in [5.41, 5.74) is 1.90. The Morgan fingerprint density at radius 3 is 2.61 bits per heavy atom. The zero-order chi connectivity index (χ0) is 21.9. The molecule has 160 valence electrons. The summed E-state index contributed by atoms with van der Waals surface area (Å²) in [6, 6.07) is 5.65. The number of aromatic amines is 1. The van der Waals surface area contributed by atoms with E-state index in [1.807, 2.05) is 25.1 Å². The van der Waals surface area contributed by atoms with E-state index in [9.17, 15) is 14.4 Å². The van der Waals surface area contributed by atoms with Crippen molar-refractivity contribution < 1.29 is 14.3 Å². The molecule has 4 heterocycles. The number of hydrogen-bond donors (Lipinski definition) is 1. The zero-order valence-electron chi connectivity index (χ0n) is 17.7. The summed E-state index contributed by atoms with van der Waals surface area (Å²) in [4.78, 5) is 48.3. The smallest absolute Gasteiger partial charge is 0.291 e. The fraction of sp³-hybridized carbons (Fsp3) is 0.409. The van der Waals surface area contributed by atoms with E-state index in [-0.39, 0.29) is 28.9 Å². The van der Waals surface area contributed by atoms with Gasteiger partial charge in [-0.2, -0.15) is 9.50 Å². The number of nitrogens with zero attached hydrogens (tertiary/aromatic N) is 4. The lowest BCUT2D eigenvalue weighted by Gasteiger charge is -2.43. The first kappa shape index (κ1) is 19.5. The number of Topliss-reactive ketones (excluding diaryl/α,β-unsaturated/α-hetero) is 1. The average Bonchev–Trinajstić information content (AvgIpc) is 3.17. The third kappa shape index (κ3) is 3.11. The normalized spacial score (nSPS) is 17.6. The van der Waals surface area contributed by atoms with Gasteiger partial charge in [-0.1, -0.05) is 11.6 Å². The number of rotatable bonds is 1. The number of nitrogens with one attached hydrogen (secondary N) is 1. The van der Waals surface area contributed by atoms with Crippen LogP contribution in [0.15, 0.2) is 23.0 Å².